The Labute approximate surface area is 155 Å². The molecule has 0 atom stereocenters. The van der Waals surface area contributed by atoms with Gasteiger partial charge in [-0.25, -0.2) is 4.79 Å². The molecular formula is C18H19NO4S2. The lowest BCUT2D eigenvalue weighted by Crippen LogP contribution is -2.12. The van der Waals surface area contributed by atoms with Gasteiger partial charge in [-0.05, 0) is 25.0 Å². The van der Waals surface area contributed by atoms with Crippen molar-refractivity contribution in [3.8, 4) is 0 Å². The number of hydrogen-bond acceptors (Lipinski definition) is 6. The van der Waals surface area contributed by atoms with Crippen molar-refractivity contribution < 1.29 is 19.4 Å². The van der Waals surface area contributed by atoms with Gasteiger partial charge in [0.2, 0.25) is 0 Å². The quantitative estimate of drug-likeness (QED) is 0.468. The van der Waals surface area contributed by atoms with E-state index in [4.69, 9.17) is 4.74 Å². The van der Waals surface area contributed by atoms with Gasteiger partial charge in [0.1, 0.15) is 16.2 Å². The number of ether oxygens (including phenoxy) is 1. The van der Waals surface area contributed by atoms with E-state index in [0.29, 0.717) is 11.3 Å². The minimum atomic E-state index is -1.15. The van der Waals surface area contributed by atoms with E-state index in [2.05, 4.69) is 11.6 Å². The molecule has 0 spiro atoms. The molecule has 1 heterocycles. The molecule has 0 aromatic heterocycles. The van der Waals surface area contributed by atoms with Gasteiger partial charge in [0.15, 0.2) is 0 Å². The van der Waals surface area contributed by atoms with E-state index in [1.807, 2.05) is 26.0 Å². The number of hydrogen-bond donors (Lipinski definition) is 1. The van der Waals surface area contributed by atoms with Crippen LogP contribution in [-0.2, 0) is 20.1 Å². The molecule has 0 fully saturated rings. The van der Waals surface area contributed by atoms with Gasteiger partial charge in [-0.1, -0.05) is 54.4 Å². The van der Waals surface area contributed by atoms with Crippen LogP contribution in [0.25, 0.3) is 5.57 Å². The Balaban J connectivity index is 2.23. The van der Waals surface area contributed by atoms with Crippen molar-refractivity contribution in [1.82, 2.24) is 0 Å². The molecule has 0 bridgehead atoms. The molecule has 0 saturated carbocycles. The number of nitrogens with zero attached hydrogens (tertiary/aromatic N) is 1. The van der Waals surface area contributed by atoms with E-state index in [1.165, 1.54) is 18.7 Å². The zero-order valence-corrected chi connectivity index (χ0v) is 15.9. The van der Waals surface area contributed by atoms with Gasteiger partial charge in [0.25, 0.3) is 0 Å². The summed E-state index contributed by atoms with van der Waals surface area (Å²) in [7, 11) is 0. The zero-order chi connectivity index (χ0) is 18.6. The van der Waals surface area contributed by atoms with Gasteiger partial charge in [-0.3, -0.25) is 9.79 Å². The first kappa shape index (κ1) is 19.3. The summed E-state index contributed by atoms with van der Waals surface area (Å²) in [5.41, 5.74) is 1.00. The molecule has 132 valence electrons. The third-order valence-corrected chi connectivity index (χ3v) is 5.90. The Kier molecular flexibility index (Phi) is 6.13. The second kappa shape index (κ2) is 7.93. The van der Waals surface area contributed by atoms with Gasteiger partial charge < -0.3 is 9.84 Å². The van der Waals surface area contributed by atoms with Crippen LogP contribution in [0.5, 0.6) is 0 Å². The fourth-order valence-electron chi connectivity index (χ4n) is 2.02. The van der Waals surface area contributed by atoms with Crippen molar-refractivity contribution in [1.29, 1.82) is 0 Å². The number of thioether (sulfide) groups is 2. The maximum absolute atomic E-state index is 11.5. The maximum Gasteiger partial charge on any atom is 0.339 e. The van der Waals surface area contributed by atoms with Crippen molar-refractivity contribution >= 4 is 45.4 Å². The summed E-state index contributed by atoms with van der Waals surface area (Å²) in [6, 6.07) is 7.15. The summed E-state index contributed by atoms with van der Waals surface area (Å²) in [6.45, 7) is 9.26. The number of benzene rings is 1. The van der Waals surface area contributed by atoms with Crippen molar-refractivity contribution in [2.75, 3.05) is 0 Å². The van der Waals surface area contributed by atoms with Crippen molar-refractivity contribution in [3.63, 3.8) is 0 Å². The van der Waals surface area contributed by atoms with Gasteiger partial charge in [0.05, 0.1) is 5.54 Å². The summed E-state index contributed by atoms with van der Waals surface area (Å²) in [6.07, 6.45) is 0.987. The number of rotatable bonds is 5. The Bertz CT molecular complexity index is 781. The molecule has 0 aliphatic carbocycles. The van der Waals surface area contributed by atoms with Crippen LogP contribution >= 0.6 is 23.5 Å². The number of aliphatic carboxylic acids is 1. The van der Waals surface area contributed by atoms with E-state index in [1.54, 1.807) is 23.9 Å². The number of aliphatic imine (C=N–C) groups is 1. The van der Waals surface area contributed by atoms with Crippen LogP contribution in [0.15, 0.2) is 47.0 Å². The van der Waals surface area contributed by atoms with Crippen LogP contribution in [0.1, 0.15) is 31.9 Å². The van der Waals surface area contributed by atoms with Crippen LogP contribution in [-0.4, -0.2) is 27.0 Å². The maximum atomic E-state index is 11.5. The van der Waals surface area contributed by atoms with Gasteiger partial charge >= 0.3 is 11.9 Å². The molecule has 1 aromatic carbocycles. The minimum Gasteiger partial charge on any atom is -0.478 e. The monoisotopic (exact) mass is 377 g/mol. The van der Waals surface area contributed by atoms with Gasteiger partial charge in [-0.2, -0.15) is 0 Å². The first-order valence-corrected chi connectivity index (χ1v) is 9.30. The first-order valence-electron chi connectivity index (χ1n) is 7.49. The van der Waals surface area contributed by atoms with E-state index in [0.717, 1.165) is 21.1 Å². The Hall–Kier alpha value is -1.99. The Morgan fingerprint density at radius 3 is 2.64 bits per heavy atom. The van der Waals surface area contributed by atoms with Crippen LogP contribution in [0.4, 0.5) is 0 Å². The molecule has 0 radical (unpaired) electrons. The second-order valence-electron chi connectivity index (χ2n) is 5.85. The molecule has 0 unspecified atom stereocenters. The normalized spacial score (nSPS) is 16.5. The standard InChI is InChI=1S/C18H19NO4S2/c1-11-18(3,4)19-17(25-11)24-10-13-7-5-6-8-14(13)15(16(21)22)9-23-12(2)20/h5-9H,1,10H2,2-4H3,(H,21,22). The first-order chi connectivity index (χ1) is 11.7. The summed E-state index contributed by atoms with van der Waals surface area (Å²) in [5.74, 6) is -1.17. The SMILES string of the molecule is C=C1SC(SCc2ccccc2C(=COC(C)=O)C(=O)O)=NC1(C)C. The smallest absolute Gasteiger partial charge is 0.339 e. The third-order valence-electron chi connectivity index (χ3n) is 3.50. The zero-order valence-electron chi connectivity index (χ0n) is 14.2. The molecule has 1 N–H and O–H groups in total. The summed E-state index contributed by atoms with van der Waals surface area (Å²) < 4.78 is 5.67. The van der Waals surface area contributed by atoms with Crippen LogP contribution < -0.4 is 0 Å². The average Bonchev–Trinajstić information content (AvgIpc) is 2.78. The molecule has 1 aromatic rings. The van der Waals surface area contributed by atoms with E-state index < -0.39 is 11.9 Å². The lowest BCUT2D eigenvalue weighted by Gasteiger charge is -2.12. The average molecular weight is 377 g/mol. The molecule has 1 aliphatic rings. The largest absolute Gasteiger partial charge is 0.478 e. The highest BCUT2D eigenvalue weighted by atomic mass is 32.2. The van der Waals surface area contributed by atoms with E-state index in [9.17, 15) is 14.7 Å². The Morgan fingerprint density at radius 1 is 1.40 bits per heavy atom. The molecular weight excluding hydrogens is 358 g/mol. The molecule has 0 saturated heterocycles. The number of carbonyl (C=O) groups excluding carboxylic acids is 1. The van der Waals surface area contributed by atoms with Gasteiger partial charge in [-0.15, -0.1) is 0 Å². The van der Waals surface area contributed by atoms with Crippen LogP contribution in [0, 0.1) is 0 Å². The number of carbonyl (C=O) groups is 2. The molecule has 7 heteroatoms. The predicted molar refractivity (Wildman–Crippen MR) is 103 cm³/mol. The second-order valence-corrected chi connectivity index (χ2v) is 8.16. The number of esters is 1. The lowest BCUT2D eigenvalue weighted by molar-refractivity contribution is -0.135. The summed E-state index contributed by atoms with van der Waals surface area (Å²) >= 11 is 3.08. The summed E-state index contributed by atoms with van der Waals surface area (Å²) in [5, 5.41) is 9.44. The number of carboxylic acids is 1. The van der Waals surface area contributed by atoms with Gasteiger partial charge in [0, 0.05) is 17.6 Å². The fourth-order valence-corrected chi connectivity index (χ4v) is 4.34. The lowest BCUT2D eigenvalue weighted by atomic mass is 10.0. The molecule has 2 rings (SSSR count). The summed E-state index contributed by atoms with van der Waals surface area (Å²) in [4.78, 5) is 28.2. The molecule has 1 aliphatic heterocycles. The van der Waals surface area contributed by atoms with E-state index >= 15 is 0 Å². The van der Waals surface area contributed by atoms with Crippen molar-refractivity contribution in [3.05, 3.63) is 53.1 Å². The highest BCUT2D eigenvalue weighted by molar-refractivity contribution is 8.40. The third kappa shape index (κ3) is 4.99. The Morgan fingerprint density at radius 2 is 2.08 bits per heavy atom. The van der Waals surface area contributed by atoms with E-state index in [-0.39, 0.29) is 11.1 Å². The molecule has 25 heavy (non-hydrogen) atoms. The molecule has 0 amide bonds. The van der Waals surface area contributed by atoms with Crippen molar-refractivity contribution in [2.24, 2.45) is 4.99 Å². The van der Waals surface area contributed by atoms with Crippen LogP contribution in [0.3, 0.4) is 0 Å². The minimum absolute atomic E-state index is 0.0582. The predicted octanol–water partition coefficient (Wildman–Crippen LogP) is 4.30. The highest BCUT2D eigenvalue weighted by Gasteiger charge is 2.30. The highest BCUT2D eigenvalue weighted by Crippen LogP contribution is 2.42. The number of carboxylic acid groups (broad SMARTS) is 1. The topological polar surface area (TPSA) is 76.0 Å². The van der Waals surface area contributed by atoms with Crippen LogP contribution in [0.2, 0.25) is 0 Å². The fraction of sp³-hybridized carbons (Fsp3) is 0.278. The molecule has 5 nitrogen and oxygen atoms in total. The van der Waals surface area contributed by atoms with Crippen molar-refractivity contribution in [2.45, 2.75) is 32.1 Å².